The molecule has 0 rings (SSSR count). The second-order valence-electron chi connectivity index (χ2n) is 2.66. The Hall–Kier alpha value is -0.880. The van der Waals surface area contributed by atoms with Crippen LogP contribution in [0.15, 0.2) is 24.0 Å². The zero-order valence-electron chi connectivity index (χ0n) is 9.03. The van der Waals surface area contributed by atoms with E-state index in [2.05, 4.69) is 23.8 Å². The van der Waals surface area contributed by atoms with Gasteiger partial charge in [0.15, 0.2) is 0 Å². The molecule has 0 aromatic carbocycles. The van der Waals surface area contributed by atoms with E-state index in [1.807, 2.05) is 0 Å². The van der Waals surface area contributed by atoms with Crippen molar-refractivity contribution in [2.24, 2.45) is 0 Å². The molecule has 16 heavy (non-hydrogen) atoms. The Morgan fingerprint density at radius 3 is 1.62 bits per heavy atom. The lowest BCUT2D eigenvalue weighted by atomic mass is 10.5. The number of hydrogen-bond acceptors (Lipinski definition) is 4. The number of hydrogen-bond donors (Lipinski definition) is 2. The van der Waals surface area contributed by atoms with E-state index in [1.165, 1.54) is 23.5 Å². The summed E-state index contributed by atoms with van der Waals surface area (Å²) in [5.41, 5.74) is 0. The van der Waals surface area contributed by atoms with Crippen LogP contribution in [0.5, 0.6) is 0 Å². The van der Waals surface area contributed by atoms with E-state index >= 15 is 0 Å². The van der Waals surface area contributed by atoms with Crippen LogP contribution < -0.4 is 10.6 Å². The molecular formula is C10H16N2O2S2. The van der Waals surface area contributed by atoms with Crippen molar-refractivity contribution in [3.05, 3.63) is 24.0 Å². The molecule has 0 aliphatic heterocycles. The van der Waals surface area contributed by atoms with Crippen LogP contribution >= 0.6 is 23.5 Å². The van der Waals surface area contributed by atoms with Gasteiger partial charge in [-0.1, -0.05) is 13.2 Å². The lowest BCUT2D eigenvalue weighted by molar-refractivity contribution is -0.120. The zero-order valence-corrected chi connectivity index (χ0v) is 10.7. The molecule has 0 bridgehead atoms. The second kappa shape index (κ2) is 10.6. The van der Waals surface area contributed by atoms with Crippen LogP contribution in [0, 0.1) is 0 Å². The predicted molar refractivity (Wildman–Crippen MR) is 71.3 cm³/mol. The van der Waals surface area contributed by atoms with E-state index in [1.54, 1.807) is 10.8 Å². The highest BCUT2D eigenvalue weighted by atomic mass is 32.2. The van der Waals surface area contributed by atoms with Gasteiger partial charge in [-0.15, -0.1) is 23.5 Å². The number of amides is 2. The summed E-state index contributed by atoms with van der Waals surface area (Å²) in [6.45, 7) is 7.88. The number of thioether (sulfide) groups is 2. The van der Waals surface area contributed by atoms with Crippen molar-refractivity contribution < 1.29 is 9.59 Å². The molecule has 0 saturated heterocycles. The highest BCUT2D eigenvalue weighted by Gasteiger charge is 2.01. The first-order valence-corrected chi connectivity index (χ1v) is 6.79. The van der Waals surface area contributed by atoms with Crippen molar-refractivity contribution in [3.63, 3.8) is 0 Å². The summed E-state index contributed by atoms with van der Waals surface area (Å²) in [5.74, 6) is 0.618. The Bertz CT molecular complexity index is 231. The molecule has 0 aromatic heterocycles. The Morgan fingerprint density at radius 2 is 1.31 bits per heavy atom. The van der Waals surface area contributed by atoms with Crippen molar-refractivity contribution >= 4 is 35.3 Å². The van der Waals surface area contributed by atoms with Gasteiger partial charge in [0.1, 0.15) is 0 Å². The predicted octanol–water partition coefficient (Wildman–Crippen LogP) is 0.972. The lowest BCUT2D eigenvalue weighted by Gasteiger charge is -2.05. The summed E-state index contributed by atoms with van der Waals surface area (Å²) < 4.78 is 0. The van der Waals surface area contributed by atoms with Crippen molar-refractivity contribution in [3.8, 4) is 0 Å². The molecule has 0 heterocycles. The number of carbonyl (C=O) groups excluding carboxylic acids is 2. The molecule has 0 unspecified atom stereocenters. The van der Waals surface area contributed by atoms with Crippen LogP contribution in [0.3, 0.4) is 0 Å². The molecule has 0 fully saturated rings. The van der Waals surface area contributed by atoms with Crippen molar-refractivity contribution in [1.29, 1.82) is 0 Å². The first-order valence-electron chi connectivity index (χ1n) is 4.69. The fourth-order valence-corrected chi connectivity index (χ4v) is 1.52. The van der Waals surface area contributed by atoms with E-state index in [4.69, 9.17) is 0 Å². The average Bonchev–Trinajstić information content (AvgIpc) is 2.29. The van der Waals surface area contributed by atoms with Crippen LogP contribution in [0.2, 0.25) is 0 Å². The summed E-state index contributed by atoms with van der Waals surface area (Å²) in [6, 6.07) is 0. The number of carbonyl (C=O) groups is 2. The van der Waals surface area contributed by atoms with Crippen LogP contribution in [0.4, 0.5) is 0 Å². The Labute approximate surface area is 104 Å². The third-order valence-corrected chi connectivity index (χ3v) is 2.76. The van der Waals surface area contributed by atoms with Gasteiger partial charge in [-0.3, -0.25) is 9.59 Å². The van der Waals surface area contributed by atoms with E-state index < -0.39 is 0 Å². The maximum atomic E-state index is 11.1. The van der Waals surface area contributed by atoms with E-state index in [9.17, 15) is 9.59 Å². The molecule has 90 valence electrons. The first-order chi connectivity index (χ1) is 7.70. The molecule has 0 spiro atoms. The molecule has 6 heteroatoms. The Balaban J connectivity index is 3.37. The number of nitrogens with one attached hydrogen (secondary N) is 2. The van der Waals surface area contributed by atoms with Gasteiger partial charge in [0, 0.05) is 13.1 Å². The molecule has 0 aliphatic carbocycles. The van der Waals surface area contributed by atoms with Gasteiger partial charge in [-0.05, 0) is 10.8 Å². The topological polar surface area (TPSA) is 58.2 Å². The van der Waals surface area contributed by atoms with Gasteiger partial charge < -0.3 is 10.6 Å². The minimum Gasteiger partial charge on any atom is -0.354 e. The van der Waals surface area contributed by atoms with Crippen LogP contribution in [0.1, 0.15) is 0 Å². The van der Waals surface area contributed by atoms with Crippen molar-refractivity contribution in [1.82, 2.24) is 10.6 Å². The minimum absolute atomic E-state index is 0.0559. The fraction of sp³-hybridized carbons (Fsp3) is 0.400. The van der Waals surface area contributed by atoms with Gasteiger partial charge in [-0.25, -0.2) is 0 Å². The molecule has 0 radical (unpaired) electrons. The highest BCUT2D eigenvalue weighted by molar-refractivity contribution is 8.02. The van der Waals surface area contributed by atoms with E-state index in [0.717, 1.165) is 0 Å². The normalized spacial score (nSPS) is 9.25. The lowest BCUT2D eigenvalue weighted by Crippen LogP contribution is -2.36. The third kappa shape index (κ3) is 9.67. The first kappa shape index (κ1) is 15.1. The quantitative estimate of drug-likeness (QED) is 0.607. The fourth-order valence-electron chi connectivity index (χ4n) is 0.775. The molecule has 0 aliphatic rings. The van der Waals surface area contributed by atoms with Crippen LogP contribution in [0.25, 0.3) is 0 Å². The molecule has 2 amide bonds. The molecule has 0 saturated carbocycles. The summed E-state index contributed by atoms with van der Waals surface area (Å²) in [4.78, 5) is 22.2. The smallest absolute Gasteiger partial charge is 0.230 e. The third-order valence-electron chi connectivity index (χ3n) is 1.43. The maximum Gasteiger partial charge on any atom is 0.230 e. The van der Waals surface area contributed by atoms with Gasteiger partial charge in [0.2, 0.25) is 11.8 Å². The van der Waals surface area contributed by atoms with Crippen molar-refractivity contribution in [2.45, 2.75) is 0 Å². The summed E-state index contributed by atoms with van der Waals surface area (Å²) in [5, 5.41) is 8.60. The summed E-state index contributed by atoms with van der Waals surface area (Å²) in [6.07, 6.45) is 0. The Morgan fingerprint density at radius 1 is 0.938 bits per heavy atom. The molecule has 2 N–H and O–H groups in total. The summed E-state index contributed by atoms with van der Waals surface area (Å²) >= 11 is 2.68. The van der Waals surface area contributed by atoms with Gasteiger partial charge in [-0.2, -0.15) is 0 Å². The van der Waals surface area contributed by atoms with E-state index in [-0.39, 0.29) is 11.8 Å². The van der Waals surface area contributed by atoms with Crippen LogP contribution in [-0.4, -0.2) is 36.4 Å². The monoisotopic (exact) mass is 260 g/mol. The van der Waals surface area contributed by atoms with Crippen molar-refractivity contribution in [2.75, 3.05) is 24.6 Å². The van der Waals surface area contributed by atoms with E-state index in [0.29, 0.717) is 24.6 Å². The standard InChI is InChI=1S/C10H16N2O2S2/c1-3-15-7-9(13)11-5-6-12-10(14)8-16-4-2/h3-4H,1-2,5-8H2,(H,11,13)(H,12,14). The second-order valence-corrected chi connectivity index (χ2v) is 4.57. The van der Waals surface area contributed by atoms with Gasteiger partial charge in [0.05, 0.1) is 11.5 Å². The molecule has 4 nitrogen and oxygen atoms in total. The number of rotatable bonds is 9. The largest absolute Gasteiger partial charge is 0.354 e. The SMILES string of the molecule is C=CSCC(=O)NCCNC(=O)CSC=C. The van der Waals surface area contributed by atoms with Crippen LogP contribution in [-0.2, 0) is 9.59 Å². The highest BCUT2D eigenvalue weighted by Crippen LogP contribution is 1.98. The van der Waals surface area contributed by atoms with Gasteiger partial charge in [0.25, 0.3) is 0 Å². The molecule has 0 aromatic rings. The minimum atomic E-state index is -0.0559. The maximum absolute atomic E-state index is 11.1. The summed E-state index contributed by atoms with van der Waals surface area (Å²) in [7, 11) is 0. The molecular weight excluding hydrogens is 244 g/mol. The molecule has 0 atom stereocenters. The average molecular weight is 260 g/mol. The zero-order chi connectivity index (χ0) is 12.2. The Kier molecular flexibility index (Phi) is 10.0. The van der Waals surface area contributed by atoms with Gasteiger partial charge >= 0.3 is 0 Å².